The summed E-state index contributed by atoms with van der Waals surface area (Å²) in [5.41, 5.74) is 0.871. The lowest BCUT2D eigenvalue weighted by Gasteiger charge is -2.16. The number of aromatic hydroxyl groups is 1. The van der Waals surface area contributed by atoms with Gasteiger partial charge in [-0.1, -0.05) is 19.9 Å². The van der Waals surface area contributed by atoms with Crippen molar-refractivity contribution in [1.82, 2.24) is 10.0 Å². The molecule has 1 aromatic rings. The predicted molar refractivity (Wildman–Crippen MR) is 88.7 cm³/mol. The number of hydrogen-bond donors (Lipinski definition) is 3. The van der Waals surface area contributed by atoms with Crippen LogP contribution in [0.2, 0.25) is 0 Å². The van der Waals surface area contributed by atoms with E-state index in [4.69, 9.17) is 0 Å². The molecule has 8 nitrogen and oxygen atoms in total. The molecule has 1 aliphatic rings. The quantitative estimate of drug-likeness (QED) is 0.634. The zero-order valence-corrected chi connectivity index (χ0v) is 14.4. The first kappa shape index (κ1) is 18.1. The van der Waals surface area contributed by atoms with E-state index in [2.05, 4.69) is 5.32 Å². The molecule has 3 N–H and O–H groups in total. The summed E-state index contributed by atoms with van der Waals surface area (Å²) in [6.07, 6.45) is 1.31. The van der Waals surface area contributed by atoms with Crippen molar-refractivity contribution in [2.75, 3.05) is 17.4 Å². The number of anilines is 1. The molecule has 1 aromatic carbocycles. The van der Waals surface area contributed by atoms with Crippen LogP contribution >= 0.6 is 0 Å². The van der Waals surface area contributed by atoms with Crippen LogP contribution < -0.4 is 14.3 Å². The van der Waals surface area contributed by atoms with E-state index in [0.717, 1.165) is 9.87 Å². The third-order valence-electron chi connectivity index (χ3n) is 3.59. The predicted octanol–water partition coefficient (Wildman–Crippen LogP) is 0.278. The van der Waals surface area contributed by atoms with Crippen LogP contribution in [0.4, 0.5) is 5.69 Å². The Morgan fingerprint density at radius 2 is 2.12 bits per heavy atom. The highest BCUT2D eigenvalue weighted by Crippen LogP contribution is 2.31. The molecule has 132 valence electrons. The lowest BCUT2D eigenvalue weighted by molar-refractivity contribution is -0.124. The minimum atomic E-state index is -3.94. The van der Waals surface area contributed by atoms with Gasteiger partial charge < -0.3 is 10.4 Å². The van der Waals surface area contributed by atoms with E-state index in [1.807, 2.05) is 18.6 Å². The standard InChI is InChI=1S/C15H21N3O5S/c1-10(2)15(21)16-7-3-4-11-5-6-12(13(19)8-11)18-9-14(20)17-24(18,22)23/h5-6,8,10,19H,3-4,7,9H2,1-2H3,(H,16,21)(H,17,20). The van der Waals surface area contributed by atoms with Gasteiger partial charge in [0.2, 0.25) is 5.91 Å². The molecule has 2 amide bonds. The third-order valence-corrected chi connectivity index (χ3v) is 4.99. The van der Waals surface area contributed by atoms with Crippen LogP contribution in [0, 0.1) is 5.92 Å². The fraction of sp³-hybridized carbons (Fsp3) is 0.467. The minimum absolute atomic E-state index is 0.00963. The molecule has 24 heavy (non-hydrogen) atoms. The summed E-state index contributed by atoms with van der Waals surface area (Å²) < 4.78 is 26.2. The number of phenols is 1. The van der Waals surface area contributed by atoms with Crippen LogP contribution in [0.1, 0.15) is 25.8 Å². The monoisotopic (exact) mass is 355 g/mol. The number of nitrogens with one attached hydrogen (secondary N) is 2. The average molecular weight is 355 g/mol. The molecule has 1 fully saturated rings. The van der Waals surface area contributed by atoms with Crippen molar-refractivity contribution in [2.45, 2.75) is 26.7 Å². The molecule has 9 heteroatoms. The fourth-order valence-electron chi connectivity index (χ4n) is 2.30. The van der Waals surface area contributed by atoms with E-state index >= 15 is 0 Å². The maximum Gasteiger partial charge on any atom is 0.326 e. The molecule has 1 heterocycles. The van der Waals surface area contributed by atoms with Gasteiger partial charge in [0.15, 0.2) is 0 Å². The van der Waals surface area contributed by atoms with Crippen LogP contribution in [-0.2, 0) is 26.2 Å². The highest BCUT2D eigenvalue weighted by atomic mass is 32.2. The van der Waals surface area contributed by atoms with Gasteiger partial charge in [0.1, 0.15) is 12.3 Å². The molecule has 0 saturated carbocycles. The lowest BCUT2D eigenvalue weighted by atomic mass is 10.1. The summed E-state index contributed by atoms with van der Waals surface area (Å²) in [6, 6.07) is 4.63. The number of carbonyl (C=O) groups is 2. The van der Waals surface area contributed by atoms with E-state index in [0.29, 0.717) is 19.4 Å². The second-order valence-corrected chi connectivity index (χ2v) is 7.50. The van der Waals surface area contributed by atoms with Gasteiger partial charge in [-0.25, -0.2) is 9.03 Å². The molecular formula is C15H21N3O5S. The molecule has 0 aromatic heterocycles. The SMILES string of the molecule is CC(C)C(=O)NCCCc1ccc(N2CC(=O)NS2(=O)=O)c(O)c1. The topological polar surface area (TPSA) is 116 Å². The van der Waals surface area contributed by atoms with Crippen molar-refractivity contribution < 1.29 is 23.1 Å². The second-order valence-electron chi connectivity index (χ2n) is 5.91. The Kier molecular flexibility index (Phi) is 5.33. The summed E-state index contributed by atoms with van der Waals surface area (Å²) in [7, 11) is -3.94. The van der Waals surface area contributed by atoms with Gasteiger partial charge in [-0.3, -0.25) is 9.59 Å². The van der Waals surface area contributed by atoms with E-state index in [-0.39, 0.29) is 29.8 Å². The molecule has 1 aliphatic heterocycles. The Morgan fingerprint density at radius 3 is 2.67 bits per heavy atom. The lowest BCUT2D eigenvalue weighted by Crippen LogP contribution is -2.29. The fourth-order valence-corrected chi connectivity index (χ4v) is 3.47. The van der Waals surface area contributed by atoms with Crippen molar-refractivity contribution in [3.8, 4) is 5.75 Å². The summed E-state index contributed by atoms with van der Waals surface area (Å²) in [5.74, 6) is -0.921. The van der Waals surface area contributed by atoms with Gasteiger partial charge in [0.05, 0.1) is 5.69 Å². The van der Waals surface area contributed by atoms with Crippen molar-refractivity contribution in [2.24, 2.45) is 5.92 Å². The number of nitrogens with zero attached hydrogens (tertiary/aromatic N) is 1. The van der Waals surface area contributed by atoms with Crippen molar-refractivity contribution in [3.05, 3.63) is 23.8 Å². The van der Waals surface area contributed by atoms with Crippen molar-refractivity contribution in [1.29, 1.82) is 0 Å². The number of aryl methyl sites for hydroxylation is 1. The van der Waals surface area contributed by atoms with Gasteiger partial charge in [0, 0.05) is 12.5 Å². The maximum absolute atomic E-state index is 11.8. The highest BCUT2D eigenvalue weighted by molar-refractivity contribution is 7.92. The molecule has 2 rings (SSSR count). The first-order chi connectivity index (χ1) is 11.2. The Morgan fingerprint density at radius 1 is 1.42 bits per heavy atom. The summed E-state index contributed by atoms with van der Waals surface area (Å²) in [4.78, 5) is 22.7. The van der Waals surface area contributed by atoms with Crippen LogP contribution in [0.3, 0.4) is 0 Å². The van der Waals surface area contributed by atoms with E-state index in [1.54, 1.807) is 6.07 Å². The smallest absolute Gasteiger partial charge is 0.326 e. The second kappa shape index (κ2) is 7.08. The number of amides is 2. The molecule has 0 atom stereocenters. The highest BCUT2D eigenvalue weighted by Gasteiger charge is 2.35. The van der Waals surface area contributed by atoms with Crippen LogP contribution in [0.5, 0.6) is 5.75 Å². The Balaban J connectivity index is 1.98. The van der Waals surface area contributed by atoms with Gasteiger partial charge in [-0.2, -0.15) is 8.42 Å². The van der Waals surface area contributed by atoms with Gasteiger partial charge in [0.25, 0.3) is 5.91 Å². The Labute approximate surface area is 141 Å². The first-order valence-electron chi connectivity index (χ1n) is 7.63. The van der Waals surface area contributed by atoms with Gasteiger partial charge >= 0.3 is 10.2 Å². The molecular weight excluding hydrogens is 334 g/mol. The zero-order chi connectivity index (χ0) is 17.9. The normalized spacial score (nSPS) is 16.3. The van der Waals surface area contributed by atoms with E-state index in [9.17, 15) is 23.1 Å². The first-order valence-corrected chi connectivity index (χ1v) is 9.07. The molecule has 0 radical (unpaired) electrons. The maximum atomic E-state index is 11.8. The number of phenolic OH excluding ortho intramolecular Hbond substituents is 1. The van der Waals surface area contributed by atoms with E-state index in [1.165, 1.54) is 12.1 Å². The summed E-state index contributed by atoms with van der Waals surface area (Å²) in [6.45, 7) is 3.81. The van der Waals surface area contributed by atoms with Crippen LogP contribution in [0.25, 0.3) is 0 Å². The van der Waals surface area contributed by atoms with Crippen molar-refractivity contribution in [3.63, 3.8) is 0 Å². The average Bonchev–Trinajstić information content (AvgIpc) is 2.76. The Bertz CT molecular complexity index is 745. The van der Waals surface area contributed by atoms with Gasteiger partial charge in [-0.05, 0) is 30.5 Å². The minimum Gasteiger partial charge on any atom is -0.506 e. The van der Waals surface area contributed by atoms with E-state index < -0.39 is 16.1 Å². The summed E-state index contributed by atoms with van der Waals surface area (Å²) >= 11 is 0. The molecule has 0 aliphatic carbocycles. The third kappa shape index (κ3) is 4.16. The number of rotatable bonds is 6. The number of hydrogen-bond acceptors (Lipinski definition) is 5. The molecule has 1 saturated heterocycles. The number of carbonyl (C=O) groups excluding carboxylic acids is 2. The summed E-state index contributed by atoms with van der Waals surface area (Å²) in [5, 5.41) is 12.9. The molecule has 0 unspecified atom stereocenters. The van der Waals surface area contributed by atoms with Crippen molar-refractivity contribution >= 4 is 27.7 Å². The molecule has 0 spiro atoms. The van der Waals surface area contributed by atoms with Crippen LogP contribution in [0.15, 0.2) is 18.2 Å². The van der Waals surface area contributed by atoms with Gasteiger partial charge in [-0.15, -0.1) is 0 Å². The zero-order valence-electron chi connectivity index (χ0n) is 13.6. The van der Waals surface area contributed by atoms with Crippen LogP contribution in [-0.4, -0.2) is 38.4 Å². The number of benzene rings is 1. The Hall–Kier alpha value is -2.29. The molecule has 0 bridgehead atoms. The largest absolute Gasteiger partial charge is 0.506 e.